The monoisotopic (exact) mass is 174 g/mol. The van der Waals surface area contributed by atoms with Crippen LogP contribution in [0.4, 0.5) is 0 Å². The van der Waals surface area contributed by atoms with Gasteiger partial charge >= 0.3 is 0 Å². The zero-order valence-corrected chi connectivity index (χ0v) is 8.10. The second kappa shape index (κ2) is 5.30. The molecule has 11 heavy (non-hydrogen) atoms. The van der Waals surface area contributed by atoms with Gasteiger partial charge in [0.25, 0.3) is 0 Å². The van der Waals surface area contributed by atoms with Gasteiger partial charge in [0.2, 0.25) is 5.29 Å². The molecule has 0 saturated heterocycles. The molecule has 0 bridgehead atoms. The lowest BCUT2D eigenvalue weighted by Gasteiger charge is -2.12. The third-order valence-electron chi connectivity index (χ3n) is 1.91. The van der Waals surface area contributed by atoms with Crippen LogP contribution in [0.5, 0.6) is 0 Å². The third kappa shape index (κ3) is 4.14. The van der Waals surface area contributed by atoms with Crippen molar-refractivity contribution in [3.63, 3.8) is 0 Å². The molecule has 0 aliphatic rings. The molecule has 3 heteroatoms. The number of aliphatic imine (C=N–C) groups is 2. The molecule has 0 saturated carbocycles. The Morgan fingerprint density at radius 1 is 1.55 bits per heavy atom. The van der Waals surface area contributed by atoms with E-state index in [1.165, 1.54) is 0 Å². The Morgan fingerprint density at radius 3 is 2.45 bits per heavy atom. The van der Waals surface area contributed by atoms with Gasteiger partial charge in [0.15, 0.2) is 0 Å². The van der Waals surface area contributed by atoms with Crippen LogP contribution in [0.25, 0.3) is 0 Å². The number of nitrogens with zero attached hydrogens (tertiary/aromatic N) is 2. The van der Waals surface area contributed by atoms with Gasteiger partial charge in [-0.05, 0) is 31.2 Å². The van der Waals surface area contributed by atoms with Crippen LogP contribution >= 0.6 is 11.6 Å². The van der Waals surface area contributed by atoms with E-state index in [4.69, 9.17) is 11.6 Å². The van der Waals surface area contributed by atoms with Gasteiger partial charge in [0, 0.05) is 0 Å². The van der Waals surface area contributed by atoms with E-state index in [-0.39, 0.29) is 11.3 Å². The van der Waals surface area contributed by atoms with E-state index >= 15 is 0 Å². The van der Waals surface area contributed by atoms with Gasteiger partial charge in [-0.1, -0.05) is 20.3 Å². The molecule has 2 nitrogen and oxygen atoms in total. The number of amidine groups is 1. The summed E-state index contributed by atoms with van der Waals surface area (Å²) < 4.78 is 0. The van der Waals surface area contributed by atoms with Gasteiger partial charge in [-0.25, -0.2) is 4.99 Å². The highest BCUT2D eigenvalue weighted by atomic mass is 35.5. The fraction of sp³-hybridized carbons (Fsp3) is 0.750. The third-order valence-corrected chi connectivity index (χ3v) is 2.13. The van der Waals surface area contributed by atoms with E-state index in [9.17, 15) is 0 Å². The van der Waals surface area contributed by atoms with Gasteiger partial charge in [-0.3, -0.25) is 4.99 Å². The van der Waals surface area contributed by atoms with Crippen LogP contribution in [0.1, 0.15) is 27.2 Å². The number of rotatable bonds is 3. The summed E-state index contributed by atoms with van der Waals surface area (Å²) >= 11 is 5.58. The first kappa shape index (κ1) is 10.6. The first-order chi connectivity index (χ1) is 5.11. The molecule has 2 unspecified atom stereocenters. The van der Waals surface area contributed by atoms with Crippen LogP contribution in [0.15, 0.2) is 9.98 Å². The summed E-state index contributed by atoms with van der Waals surface area (Å²) in [6.45, 7) is 9.59. The number of halogens is 1. The van der Waals surface area contributed by atoms with Gasteiger partial charge < -0.3 is 0 Å². The van der Waals surface area contributed by atoms with Crippen molar-refractivity contribution in [3.05, 3.63) is 0 Å². The summed E-state index contributed by atoms with van der Waals surface area (Å²) in [6, 6.07) is 0.234. The Morgan fingerprint density at radius 2 is 2.09 bits per heavy atom. The summed E-state index contributed by atoms with van der Waals surface area (Å²) in [5.41, 5.74) is 0. The quantitative estimate of drug-likeness (QED) is 0.357. The lowest BCUT2D eigenvalue weighted by molar-refractivity contribution is 0.472. The fourth-order valence-electron chi connectivity index (χ4n) is 0.677. The molecule has 0 aliphatic heterocycles. The van der Waals surface area contributed by atoms with Crippen molar-refractivity contribution in [2.24, 2.45) is 15.9 Å². The van der Waals surface area contributed by atoms with Crippen LogP contribution in [0.3, 0.4) is 0 Å². The zero-order chi connectivity index (χ0) is 8.85. The molecule has 0 N–H and O–H groups in total. The Labute approximate surface area is 73.4 Å². The molecule has 0 fully saturated rings. The maximum Gasteiger partial charge on any atom is 0.217 e. The summed E-state index contributed by atoms with van der Waals surface area (Å²) in [5.74, 6) is 0.547. The minimum Gasteiger partial charge on any atom is -0.253 e. The molecule has 0 amide bonds. The Balaban J connectivity index is 4.03. The van der Waals surface area contributed by atoms with Crippen LogP contribution in [-0.2, 0) is 0 Å². The van der Waals surface area contributed by atoms with Gasteiger partial charge in [0.1, 0.15) is 0 Å². The standard InChI is InChI=1S/C8H15ClN2/c1-5-6(2)7(3)11-8(9)10-4/h6-7H,4-5H2,1-3H3. The summed E-state index contributed by atoms with van der Waals surface area (Å²) in [4.78, 5) is 7.63. The molecule has 0 spiro atoms. The molecule has 0 aromatic carbocycles. The Hall–Kier alpha value is -0.370. The maximum absolute atomic E-state index is 5.58. The van der Waals surface area contributed by atoms with Crippen molar-refractivity contribution in [1.82, 2.24) is 0 Å². The van der Waals surface area contributed by atoms with E-state index in [1.807, 2.05) is 6.92 Å². The molecule has 0 aromatic heterocycles. The van der Waals surface area contributed by atoms with Crippen molar-refractivity contribution in [2.45, 2.75) is 33.2 Å². The number of hydrogen-bond donors (Lipinski definition) is 0. The van der Waals surface area contributed by atoms with E-state index in [2.05, 4.69) is 30.5 Å². The minimum absolute atomic E-state index is 0.234. The molecule has 0 heterocycles. The second-order valence-electron chi connectivity index (χ2n) is 2.68. The van der Waals surface area contributed by atoms with E-state index in [0.717, 1.165) is 6.42 Å². The minimum atomic E-state index is 0.234. The second-order valence-corrected chi connectivity index (χ2v) is 3.02. The van der Waals surface area contributed by atoms with Crippen molar-refractivity contribution < 1.29 is 0 Å². The average molecular weight is 175 g/mol. The molecule has 64 valence electrons. The molecule has 2 atom stereocenters. The predicted octanol–water partition coefficient (Wildman–Crippen LogP) is 2.72. The van der Waals surface area contributed by atoms with Gasteiger partial charge in [-0.15, -0.1) is 0 Å². The summed E-state index contributed by atoms with van der Waals surface area (Å²) in [6.07, 6.45) is 1.10. The first-order valence-electron chi connectivity index (χ1n) is 3.81. The van der Waals surface area contributed by atoms with Gasteiger partial charge in [0.05, 0.1) is 6.04 Å². The number of hydrogen-bond acceptors (Lipinski definition) is 1. The Kier molecular flexibility index (Phi) is 5.12. The summed E-state index contributed by atoms with van der Waals surface area (Å²) in [5, 5.41) is 0.262. The van der Waals surface area contributed by atoms with Crippen molar-refractivity contribution >= 4 is 23.6 Å². The Bertz CT molecular complexity index is 154. The van der Waals surface area contributed by atoms with Crippen LogP contribution < -0.4 is 0 Å². The molecular weight excluding hydrogens is 160 g/mol. The lowest BCUT2D eigenvalue weighted by atomic mass is 10.0. The molecule has 0 rings (SSSR count). The van der Waals surface area contributed by atoms with Crippen LogP contribution in [0.2, 0.25) is 0 Å². The van der Waals surface area contributed by atoms with Crippen molar-refractivity contribution in [3.8, 4) is 0 Å². The zero-order valence-electron chi connectivity index (χ0n) is 7.34. The van der Waals surface area contributed by atoms with Crippen LogP contribution in [-0.4, -0.2) is 18.1 Å². The molecule has 0 radical (unpaired) electrons. The van der Waals surface area contributed by atoms with E-state index in [0.29, 0.717) is 5.92 Å². The highest BCUT2D eigenvalue weighted by Gasteiger charge is 2.08. The van der Waals surface area contributed by atoms with Crippen LogP contribution in [0, 0.1) is 5.92 Å². The molecular formula is C8H15ClN2. The average Bonchev–Trinajstić information content (AvgIpc) is 2.02. The first-order valence-corrected chi connectivity index (χ1v) is 4.19. The highest BCUT2D eigenvalue weighted by molar-refractivity contribution is 6.65. The van der Waals surface area contributed by atoms with E-state index < -0.39 is 0 Å². The SMILES string of the molecule is C=NC(Cl)=NC(C)C(C)CC. The normalized spacial score (nSPS) is 17.6. The molecule has 0 aliphatic carbocycles. The van der Waals surface area contributed by atoms with Gasteiger partial charge in [-0.2, -0.15) is 0 Å². The fourth-order valence-corrected chi connectivity index (χ4v) is 0.831. The van der Waals surface area contributed by atoms with Crippen molar-refractivity contribution in [2.75, 3.05) is 0 Å². The topological polar surface area (TPSA) is 24.7 Å². The maximum atomic E-state index is 5.58. The largest absolute Gasteiger partial charge is 0.253 e. The smallest absolute Gasteiger partial charge is 0.217 e. The van der Waals surface area contributed by atoms with Crippen molar-refractivity contribution in [1.29, 1.82) is 0 Å². The van der Waals surface area contributed by atoms with E-state index in [1.54, 1.807) is 0 Å². The highest BCUT2D eigenvalue weighted by Crippen LogP contribution is 2.11. The predicted molar refractivity (Wildman–Crippen MR) is 51.8 cm³/mol. The summed E-state index contributed by atoms with van der Waals surface area (Å²) in [7, 11) is 0. The lowest BCUT2D eigenvalue weighted by Crippen LogP contribution is -2.11. The molecule has 0 aromatic rings.